The molecule has 0 saturated heterocycles. The Morgan fingerprint density at radius 3 is 1.17 bits per heavy atom. The maximum absolute atomic E-state index is 2.50. The fourth-order valence-corrected chi connectivity index (χ4v) is 0. The van der Waals surface area contributed by atoms with E-state index in [2.05, 4.69) is 35.3 Å². The van der Waals surface area contributed by atoms with Crippen LogP contribution in [0.25, 0.3) is 0 Å². The van der Waals surface area contributed by atoms with Crippen molar-refractivity contribution >= 4 is 35.3 Å². The Morgan fingerprint density at radius 2 is 1.17 bits per heavy atom. The largest absolute Gasteiger partial charge is 1.00 e. The van der Waals surface area contributed by atoms with Gasteiger partial charge in [0.05, 0.1) is 0 Å². The Balaban J connectivity index is -0.00000000667. The topological polar surface area (TPSA) is 31.5 Å². The Labute approximate surface area is 127 Å². The molecule has 0 aliphatic rings. The summed E-state index contributed by atoms with van der Waals surface area (Å²) in [4.78, 5) is 0. The molecule has 0 unspecified atom stereocenters. The summed E-state index contributed by atoms with van der Waals surface area (Å²) in [6, 6.07) is 0. The van der Waals surface area contributed by atoms with Crippen LogP contribution in [-0.2, 0) is 15.9 Å². The summed E-state index contributed by atoms with van der Waals surface area (Å²) in [6.07, 6.45) is 0. The van der Waals surface area contributed by atoms with Crippen LogP contribution in [0.5, 0.6) is 0 Å². The van der Waals surface area contributed by atoms with Gasteiger partial charge in [-0.25, -0.2) is 0 Å². The van der Waals surface area contributed by atoms with E-state index in [4.69, 9.17) is 0 Å². The molecule has 32 valence electrons. The average Bonchev–Trinajstić information content (AvgIpc) is 0.918. The summed E-state index contributed by atoms with van der Waals surface area (Å²) in [6.45, 7) is 0. The minimum atomic E-state index is -0.143. The predicted molar refractivity (Wildman–Crippen MR) is 31.7 cm³/mol. The number of halogens is 3. The first-order valence-corrected chi connectivity index (χ1v) is 31.5. The molecular formula is H2HgI3KO. The Bertz CT molecular complexity index is 10.8. The van der Waals surface area contributed by atoms with Crippen molar-refractivity contribution in [3.63, 3.8) is 0 Å². The zero-order valence-electron chi connectivity index (χ0n) is 3.34. The normalized spacial score (nSPS) is 1.67. The van der Waals surface area contributed by atoms with Gasteiger partial charge in [-0.2, -0.15) is 0 Å². The Morgan fingerprint density at radius 1 is 1.17 bits per heavy atom. The van der Waals surface area contributed by atoms with Crippen LogP contribution in [0.2, 0.25) is 0 Å². The van der Waals surface area contributed by atoms with E-state index in [9.17, 15) is 0 Å². The molecule has 0 saturated carbocycles. The van der Waals surface area contributed by atoms with E-state index in [0.29, 0.717) is 0 Å². The number of hydrogen-bond donors (Lipinski definition) is 0. The molecule has 0 aromatic carbocycles. The fourth-order valence-electron chi connectivity index (χ4n) is 0. The van der Waals surface area contributed by atoms with Gasteiger partial charge in [-0.15, -0.1) is 0 Å². The molecular weight excluding hydrogens is 636 g/mol. The molecule has 0 aromatic heterocycles. The van der Waals surface area contributed by atoms with Crippen molar-refractivity contribution < 1.29 is 96.8 Å². The van der Waals surface area contributed by atoms with Crippen LogP contribution in [0.15, 0.2) is 0 Å². The predicted octanol–water partition coefficient (Wildman–Crippen LogP) is -5.05. The van der Waals surface area contributed by atoms with Crippen molar-refractivity contribution in [2.45, 2.75) is 0 Å². The molecule has 0 spiro atoms. The van der Waals surface area contributed by atoms with Crippen LogP contribution in [0.4, 0.5) is 0 Å². The standard InChI is InChI=1S/Hg.3HI.K.H2O/h;3*1H;;1H2/q+2;;;;+1;/p-3. The minimum absolute atomic E-state index is 0. The maximum Gasteiger partial charge on any atom is 1.00 e. The van der Waals surface area contributed by atoms with Crippen LogP contribution >= 0.6 is 35.3 Å². The van der Waals surface area contributed by atoms with Gasteiger partial charge in [-0.05, 0) is 0 Å². The van der Waals surface area contributed by atoms with Crippen LogP contribution < -0.4 is 75.4 Å². The van der Waals surface area contributed by atoms with E-state index in [1.165, 1.54) is 0 Å². The van der Waals surface area contributed by atoms with Crippen molar-refractivity contribution in [1.29, 1.82) is 0 Å². The summed E-state index contributed by atoms with van der Waals surface area (Å²) in [7, 11) is 0. The van der Waals surface area contributed by atoms with E-state index >= 15 is 0 Å². The number of hydrogen-bond acceptors (Lipinski definition) is 0. The fraction of sp³-hybridized carbons (Fsp3) is 0. The third-order valence-electron chi connectivity index (χ3n) is 0. The molecule has 0 aliphatic carbocycles. The van der Waals surface area contributed by atoms with Gasteiger partial charge in [0, 0.05) is 0 Å². The number of rotatable bonds is 0. The van der Waals surface area contributed by atoms with Gasteiger partial charge < -0.3 is 29.5 Å². The van der Waals surface area contributed by atoms with E-state index < -0.39 is 0 Å². The molecule has 0 heterocycles. The van der Waals surface area contributed by atoms with Crippen molar-refractivity contribution in [2.75, 3.05) is 0 Å². The van der Waals surface area contributed by atoms with E-state index in [0.717, 1.165) is 0 Å². The molecule has 0 bridgehead atoms. The monoisotopic (exact) mass is 640 g/mol. The zero-order valence-corrected chi connectivity index (χ0v) is 18.4. The summed E-state index contributed by atoms with van der Waals surface area (Å²) < 4.78 is 0. The molecule has 1 nitrogen and oxygen atoms in total. The molecule has 0 aliphatic heterocycles. The molecule has 0 atom stereocenters. The van der Waals surface area contributed by atoms with Crippen LogP contribution in [0.1, 0.15) is 0 Å². The quantitative estimate of drug-likeness (QED) is 0.188. The van der Waals surface area contributed by atoms with E-state index in [1.807, 2.05) is 0 Å². The summed E-state index contributed by atoms with van der Waals surface area (Å²) >= 11 is 4.85. The first kappa shape index (κ1) is 22.4. The van der Waals surface area contributed by atoms with E-state index in [-0.39, 0.29) is 96.8 Å². The summed E-state index contributed by atoms with van der Waals surface area (Å²) in [5.74, 6) is 0. The second-order valence-corrected chi connectivity index (χ2v) is 39.9. The first-order valence-electron chi connectivity index (χ1n) is 0.535. The minimum Gasteiger partial charge on any atom is 1.00 e. The zero-order chi connectivity index (χ0) is 2.71. The van der Waals surface area contributed by atoms with Gasteiger partial charge >= 0.3 is 103 Å². The summed E-state index contributed by atoms with van der Waals surface area (Å²) in [5, 5.41) is 0. The molecule has 0 fully saturated rings. The van der Waals surface area contributed by atoms with Crippen molar-refractivity contribution in [1.82, 2.24) is 0 Å². The van der Waals surface area contributed by atoms with Gasteiger partial charge in [0.2, 0.25) is 0 Å². The maximum atomic E-state index is 2.50. The molecule has 6 heavy (non-hydrogen) atoms. The van der Waals surface area contributed by atoms with Crippen molar-refractivity contribution in [3.8, 4) is 0 Å². The Kier molecular flexibility index (Phi) is 84.4. The second-order valence-electron chi connectivity index (χ2n) is 0.101. The molecule has 0 rings (SSSR count). The van der Waals surface area contributed by atoms with Crippen molar-refractivity contribution in [2.24, 2.45) is 0 Å². The van der Waals surface area contributed by atoms with E-state index in [1.54, 1.807) is 0 Å². The van der Waals surface area contributed by atoms with Gasteiger partial charge in [0.15, 0.2) is 0 Å². The van der Waals surface area contributed by atoms with Gasteiger partial charge in [0.1, 0.15) is 0 Å². The van der Waals surface area contributed by atoms with Crippen LogP contribution in [0.3, 0.4) is 0 Å². The third kappa shape index (κ3) is 23.3. The molecule has 0 amide bonds. The van der Waals surface area contributed by atoms with Crippen molar-refractivity contribution in [3.05, 3.63) is 0 Å². The van der Waals surface area contributed by atoms with Gasteiger partial charge in [-0.1, -0.05) is 0 Å². The SMILES string of the molecule is O.[I-].[I][Hg][I].[K+]. The van der Waals surface area contributed by atoms with Gasteiger partial charge in [-0.3, -0.25) is 0 Å². The molecule has 2 N–H and O–H groups in total. The smallest absolute Gasteiger partial charge is 1.00 e. The first-order chi connectivity index (χ1) is 1.41. The van der Waals surface area contributed by atoms with Crippen LogP contribution in [0, 0.1) is 0 Å². The summed E-state index contributed by atoms with van der Waals surface area (Å²) in [5.41, 5.74) is 0. The molecule has 6 heteroatoms. The third-order valence-corrected chi connectivity index (χ3v) is 0. The van der Waals surface area contributed by atoms with Gasteiger partial charge in [0.25, 0.3) is 0 Å². The second kappa shape index (κ2) is 22.6. The molecule has 0 radical (unpaired) electrons. The Hall–Kier alpha value is 4.72. The molecule has 0 aromatic rings. The average molecular weight is 638 g/mol. The van der Waals surface area contributed by atoms with Crippen LogP contribution in [-0.4, -0.2) is 5.48 Å².